The monoisotopic (exact) mass is 245 g/mol. The van der Waals surface area contributed by atoms with Crippen LogP contribution in [0.2, 0.25) is 0 Å². The van der Waals surface area contributed by atoms with E-state index in [1.165, 1.54) is 10.6 Å². The van der Waals surface area contributed by atoms with E-state index in [0.29, 0.717) is 6.42 Å². The molecule has 0 fully saturated rings. The van der Waals surface area contributed by atoms with Crippen molar-refractivity contribution in [3.8, 4) is 0 Å². The second-order valence-corrected chi connectivity index (χ2v) is 4.45. The van der Waals surface area contributed by atoms with E-state index >= 15 is 0 Å². The minimum absolute atomic E-state index is 0.0633. The molecule has 4 heteroatoms. The fourth-order valence-electron chi connectivity index (χ4n) is 1.99. The molecule has 1 heterocycles. The molecular formula is C14H19N3O. The lowest BCUT2D eigenvalue weighted by atomic mass is 10.1. The first-order chi connectivity index (χ1) is 8.81. The van der Waals surface area contributed by atoms with Crippen molar-refractivity contribution < 1.29 is 4.79 Å². The summed E-state index contributed by atoms with van der Waals surface area (Å²) in [5.74, 6) is 0.0633. The van der Waals surface area contributed by atoms with Gasteiger partial charge in [-0.05, 0) is 49.9 Å². The summed E-state index contributed by atoms with van der Waals surface area (Å²) in [6.45, 7) is 0.745. The summed E-state index contributed by atoms with van der Waals surface area (Å²) in [6, 6.07) is 8.03. The van der Waals surface area contributed by atoms with E-state index in [1.54, 1.807) is 6.21 Å². The van der Waals surface area contributed by atoms with Gasteiger partial charge in [-0.3, -0.25) is 4.79 Å². The van der Waals surface area contributed by atoms with Gasteiger partial charge >= 0.3 is 0 Å². The zero-order valence-electron chi connectivity index (χ0n) is 10.5. The van der Waals surface area contributed by atoms with Gasteiger partial charge in [-0.2, -0.15) is 5.10 Å². The van der Waals surface area contributed by atoms with E-state index in [4.69, 9.17) is 5.73 Å². The number of hydrazone groups is 1. The predicted octanol–water partition coefficient (Wildman–Crippen LogP) is 2.08. The largest absolute Gasteiger partial charge is 0.330 e. The molecule has 0 unspecified atom stereocenters. The summed E-state index contributed by atoms with van der Waals surface area (Å²) in [5.41, 5.74) is 7.59. The summed E-state index contributed by atoms with van der Waals surface area (Å²) in [6.07, 6.45) is 6.27. The molecule has 96 valence electrons. The molecular weight excluding hydrogens is 226 g/mol. The number of nitrogens with two attached hydrogens (primary N) is 1. The molecule has 0 aromatic heterocycles. The van der Waals surface area contributed by atoms with Gasteiger partial charge in [-0.25, -0.2) is 5.01 Å². The molecule has 4 nitrogen and oxygen atoms in total. The first-order valence-electron chi connectivity index (χ1n) is 6.45. The molecule has 0 radical (unpaired) electrons. The highest BCUT2D eigenvalue weighted by molar-refractivity contribution is 5.96. The predicted molar refractivity (Wildman–Crippen MR) is 73.6 cm³/mol. The van der Waals surface area contributed by atoms with Crippen molar-refractivity contribution in [2.24, 2.45) is 10.8 Å². The first kappa shape index (κ1) is 12.8. The number of nitrogens with zero attached hydrogens (tertiary/aromatic N) is 2. The molecule has 1 aromatic rings. The van der Waals surface area contributed by atoms with Crippen LogP contribution in [-0.2, 0) is 11.2 Å². The molecule has 1 aromatic carbocycles. The maximum Gasteiger partial charge on any atom is 0.247 e. The van der Waals surface area contributed by atoms with Crippen molar-refractivity contribution in [2.75, 3.05) is 11.6 Å². The standard InChI is InChI=1S/C14H19N3O/c15-10-2-1-4-12-6-8-13(9-7-12)17-14(18)5-3-11-16-17/h6-9,11H,1-5,10,15H2. The summed E-state index contributed by atoms with van der Waals surface area (Å²) < 4.78 is 0. The van der Waals surface area contributed by atoms with E-state index < -0.39 is 0 Å². The maximum atomic E-state index is 11.7. The molecule has 18 heavy (non-hydrogen) atoms. The van der Waals surface area contributed by atoms with Gasteiger partial charge in [-0.1, -0.05) is 12.1 Å². The third-order valence-electron chi connectivity index (χ3n) is 3.02. The van der Waals surface area contributed by atoms with Crippen LogP contribution >= 0.6 is 0 Å². The Bertz CT molecular complexity index is 425. The van der Waals surface area contributed by atoms with Gasteiger partial charge < -0.3 is 5.73 Å². The summed E-state index contributed by atoms with van der Waals surface area (Å²) >= 11 is 0. The fraction of sp³-hybridized carbons (Fsp3) is 0.429. The van der Waals surface area contributed by atoms with Gasteiger partial charge in [0.05, 0.1) is 5.69 Å². The average molecular weight is 245 g/mol. The number of rotatable bonds is 5. The molecule has 1 amide bonds. The molecule has 1 aliphatic rings. The molecule has 1 aliphatic heterocycles. The van der Waals surface area contributed by atoms with Crippen LogP contribution in [0.3, 0.4) is 0 Å². The quantitative estimate of drug-likeness (QED) is 0.807. The summed E-state index contributed by atoms with van der Waals surface area (Å²) in [7, 11) is 0. The lowest BCUT2D eigenvalue weighted by molar-refractivity contribution is -0.118. The smallest absolute Gasteiger partial charge is 0.247 e. The number of carbonyl (C=O) groups is 1. The maximum absolute atomic E-state index is 11.7. The molecule has 0 bridgehead atoms. The van der Waals surface area contributed by atoms with E-state index in [-0.39, 0.29) is 5.91 Å². The third kappa shape index (κ3) is 3.17. The normalized spacial score (nSPS) is 15.2. The Labute approximate surface area is 107 Å². The highest BCUT2D eigenvalue weighted by Crippen LogP contribution is 2.19. The van der Waals surface area contributed by atoms with E-state index in [0.717, 1.165) is 37.9 Å². The van der Waals surface area contributed by atoms with Crippen LogP contribution in [0, 0.1) is 0 Å². The number of hydrogen-bond donors (Lipinski definition) is 1. The number of carbonyl (C=O) groups excluding carboxylic acids is 1. The van der Waals surface area contributed by atoms with E-state index in [1.807, 2.05) is 12.1 Å². The van der Waals surface area contributed by atoms with Crippen LogP contribution in [0.25, 0.3) is 0 Å². The third-order valence-corrected chi connectivity index (χ3v) is 3.02. The van der Waals surface area contributed by atoms with Crippen molar-refractivity contribution in [1.82, 2.24) is 0 Å². The van der Waals surface area contributed by atoms with Crippen LogP contribution < -0.4 is 10.7 Å². The molecule has 0 saturated heterocycles. The highest BCUT2D eigenvalue weighted by Gasteiger charge is 2.16. The number of unbranched alkanes of at least 4 members (excludes halogenated alkanes) is 1. The zero-order valence-corrected chi connectivity index (χ0v) is 10.5. The van der Waals surface area contributed by atoms with Crippen LogP contribution in [0.5, 0.6) is 0 Å². The Morgan fingerprint density at radius 2 is 2.00 bits per heavy atom. The lowest BCUT2D eigenvalue weighted by Gasteiger charge is -2.20. The second kappa shape index (κ2) is 6.31. The van der Waals surface area contributed by atoms with E-state index in [9.17, 15) is 4.79 Å². The summed E-state index contributed by atoms with van der Waals surface area (Å²) in [5, 5.41) is 5.61. The SMILES string of the molecule is NCCCCc1ccc(N2N=CCCC2=O)cc1. The van der Waals surface area contributed by atoms with Crippen LogP contribution in [0.1, 0.15) is 31.2 Å². The van der Waals surface area contributed by atoms with Crippen molar-refractivity contribution >= 4 is 17.8 Å². The second-order valence-electron chi connectivity index (χ2n) is 4.45. The number of anilines is 1. The fourth-order valence-corrected chi connectivity index (χ4v) is 1.99. The van der Waals surface area contributed by atoms with Crippen molar-refractivity contribution in [2.45, 2.75) is 32.1 Å². The minimum atomic E-state index is 0.0633. The molecule has 0 aliphatic carbocycles. The van der Waals surface area contributed by atoms with Gasteiger partial charge in [0.1, 0.15) is 0 Å². The Hall–Kier alpha value is -1.68. The van der Waals surface area contributed by atoms with Crippen molar-refractivity contribution in [3.63, 3.8) is 0 Å². The van der Waals surface area contributed by atoms with Crippen LogP contribution in [-0.4, -0.2) is 18.7 Å². The number of benzene rings is 1. The van der Waals surface area contributed by atoms with Gasteiger partial charge in [0, 0.05) is 12.6 Å². The number of hydrogen-bond acceptors (Lipinski definition) is 3. The number of aryl methyl sites for hydroxylation is 1. The topological polar surface area (TPSA) is 58.7 Å². The molecule has 2 rings (SSSR count). The van der Waals surface area contributed by atoms with E-state index in [2.05, 4.69) is 17.2 Å². The molecule has 0 saturated carbocycles. The molecule has 0 atom stereocenters. The Morgan fingerprint density at radius 1 is 1.22 bits per heavy atom. The van der Waals surface area contributed by atoms with Crippen LogP contribution in [0.15, 0.2) is 29.4 Å². The minimum Gasteiger partial charge on any atom is -0.330 e. The van der Waals surface area contributed by atoms with Crippen molar-refractivity contribution in [3.05, 3.63) is 29.8 Å². The van der Waals surface area contributed by atoms with Gasteiger partial charge in [0.25, 0.3) is 0 Å². The van der Waals surface area contributed by atoms with Crippen molar-refractivity contribution in [1.29, 1.82) is 0 Å². The number of amides is 1. The summed E-state index contributed by atoms with van der Waals surface area (Å²) in [4.78, 5) is 11.7. The Balaban J connectivity index is 2.00. The van der Waals surface area contributed by atoms with Crippen LogP contribution in [0.4, 0.5) is 5.69 Å². The average Bonchev–Trinajstić information content (AvgIpc) is 2.41. The first-order valence-corrected chi connectivity index (χ1v) is 6.45. The molecule has 2 N–H and O–H groups in total. The lowest BCUT2D eigenvalue weighted by Crippen LogP contribution is -2.28. The Kier molecular flexibility index (Phi) is 4.47. The highest BCUT2D eigenvalue weighted by atomic mass is 16.2. The van der Waals surface area contributed by atoms with Gasteiger partial charge in [0.15, 0.2) is 0 Å². The molecule has 0 spiro atoms. The Morgan fingerprint density at radius 3 is 2.67 bits per heavy atom. The van der Waals surface area contributed by atoms with Gasteiger partial charge in [-0.15, -0.1) is 0 Å². The van der Waals surface area contributed by atoms with Gasteiger partial charge in [0.2, 0.25) is 5.91 Å². The zero-order chi connectivity index (χ0) is 12.8.